The maximum atomic E-state index is 12.7. The van der Waals surface area contributed by atoms with Crippen LogP contribution in [0.25, 0.3) is 10.2 Å². The van der Waals surface area contributed by atoms with Crippen LogP contribution in [0.15, 0.2) is 21.0 Å². The average Bonchev–Trinajstić information content (AvgIpc) is 3.17. The zero-order valence-electron chi connectivity index (χ0n) is 15.9. The molecule has 1 fully saturated rings. The lowest BCUT2D eigenvalue weighted by molar-refractivity contribution is -0.126. The molecule has 0 aliphatic heterocycles. The van der Waals surface area contributed by atoms with Crippen LogP contribution in [-0.2, 0) is 23.1 Å². The predicted octanol–water partition coefficient (Wildman–Crippen LogP) is 1.72. The van der Waals surface area contributed by atoms with Crippen LogP contribution in [0.2, 0.25) is 0 Å². The third-order valence-electron chi connectivity index (χ3n) is 5.45. The third kappa shape index (κ3) is 4.32. The summed E-state index contributed by atoms with van der Waals surface area (Å²) >= 11 is 1.37. The number of amides is 1. The van der Waals surface area contributed by atoms with Gasteiger partial charge in [-0.25, -0.2) is 4.79 Å². The molecule has 8 heteroatoms. The Morgan fingerprint density at radius 3 is 2.74 bits per heavy atom. The Bertz CT molecular complexity index is 906. The van der Waals surface area contributed by atoms with E-state index in [1.807, 2.05) is 11.4 Å². The first-order valence-electron chi connectivity index (χ1n) is 9.46. The Morgan fingerprint density at radius 1 is 1.30 bits per heavy atom. The second kappa shape index (κ2) is 8.84. The molecular weight excluding hydrogens is 366 g/mol. The maximum Gasteiger partial charge on any atom is 0.331 e. The third-order valence-corrected chi connectivity index (χ3v) is 6.34. The lowest BCUT2D eigenvalue weighted by Crippen LogP contribution is -2.41. The summed E-state index contributed by atoms with van der Waals surface area (Å²) in [7, 11) is 3.36. The summed E-state index contributed by atoms with van der Waals surface area (Å²) in [6.07, 6.45) is 4.13. The zero-order chi connectivity index (χ0) is 19.4. The number of aromatic nitrogens is 2. The minimum absolute atomic E-state index is 0.0307. The molecule has 1 saturated carbocycles. The van der Waals surface area contributed by atoms with E-state index in [2.05, 4.69) is 5.32 Å². The largest absolute Gasteiger partial charge is 0.385 e. The molecule has 1 aliphatic carbocycles. The van der Waals surface area contributed by atoms with Gasteiger partial charge in [-0.15, -0.1) is 11.3 Å². The van der Waals surface area contributed by atoms with E-state index in [0.717, 1.165) is 32.1 Å². The van der Waals surface area contributed by atoms with E-state index in [-0.39, 0.29) is 29.0 Å². The molecule has 3 rings (SSSR count). The highest BCUT2D eigenvalue weighted by Gasteiger charge is 2.27. The Hall–Kier alpha value is -1.93. The van der Waals surface area contributed by atoms with Crippen molar-refractivity contribution in [2.24, 2.45) is 18.9 Å². The number of ether oxygens (including phenoxy) is 1. The van der Waals surface area contributed by atoms with Crippen LogP contribution >= 0.6 is 11.3 Å². The van der Waals surface area contributed by atoms with Crippen LogP contribution in [0.5, 0.6) is 0 Å². The molecule has 0 saturated heterocycles. The van der Waals surface area contributed by atoms with Gasteiger partial charge in [0.1, 0.15) is 4.70 Å². The second-order valence-electron chi connectivity index (χ2n) is 7.25. The fourth-order valence-electron chi connectivity index (χ4n) is 3.82. The van der Waals surface area contributed by atoms with Crippen LogP contribution in [0.4, 0.5) is 0 Å². The van der Waals surface area contributed by atoms with Crippen LogP contribution < -0.4 is 16.6 Å². The summed E-state index contributed by atoms with van der Waals surface area (Å²) in [6, 6.07) is 1.81. The van der Waals surface area contributed by atoms with Crippen LogP contribution in [-0.4, -0.2) is 35.3 Å². The van der Waals surface area contributed by atoms with E-state index in [9.17, 15) is 14.4 Å². The van der Waals surface area contributed by atoms with Gasteiger partial charge in [0, 0.05) is 39.8 Å². The van der Waals surface area contributed by atoms with Gasteiger partial charge in [-0.1, -0.05) is 0 Å². The molecule has 0 radical (unpaired) electrons. The van der Waals surface area contributed by atoms with Gasteiger partial charge in [-0.3, -0.25) is 18.7 Å². The number of methoxy groups -OCH3 is 1. The number of hydrogen-bond acceptors (Lipinski definition) is 5. The second-order valence-corrected chi connectivity index (χ2v) is 8.16. The van der Waals surface area contributed by atoms with Gasteiger partial charge < -0.3 is 10.1 Å². The Labute approximate surface area is 161 Å². The van der Waals surface area contributed by atoms with Gasteiger partial charge in [-0.05, 0) is 49.5 Å². The van der Waals surface area contributed by atoms with E-state index in [0.29, 0.717) is 29.9 Å². The van der Waals surface area contributed by atoms with Crippen molar-refractivity contribution in [2.45, 2.75) is 38.6 Å². The molecule has 2 aromatic rings. The minimum atomic E-state index is -0.260. The number of nitrogens with one attached hydrogen (secondary N) is 1. The summed E-state index contributed by atoms with van der Waals surface area (Å²) < 4.78 is 8.53. The SMILES string of the molecule is COCCCNC(=O)C1CCC(Cn2c(=O)c3sccc3n(C)c2=O)CC1. The Morgan fingerprint density at radius 2 is 2.04 bits per heavy atom. The number of carbonyl (C=O) groups excluding carboxylic acids is 1. The molecule has 7 nitrogen and oxygen atoms in total. The van der Waals surface area contributed by atoms with Gasteiger partial charge in [0.25, 0.3) is 5.56 Å². The van der Waals surface area contributed by atoms with E-state index < -0.39 is 0 Å². The first kappa shape index (κ1) is 19.8. The van der Waals surface area contributed by atoms with Crippen molar-refractivity contribution in [3.8, 4) is 0 Å². The Balaban J connectivity index is 1.60. The minimum Gasteiger partial charge on any atom is -0.385 e. The lowest BCUT2D eigenvalue weighted by atomic mass is 9.81. The lowest BCUT2D eigenvalue weighted by Gasteiger charge is -2.28. The predicted molar refractivity (Wildman–Crippen MR) is 106 cm³/mol. The molecular formula is C19H27N3O4S. The average molecular weight is 394 g/mol. The van der Waals surface area contributed by atoms with Gasteiger partial charge in [0.05, 0.1) is 5.52 Å². The molecule has 0 spiro atoms. The van der Waals surface area contributed by atoms with Crippen LogP contribution in [0.3, 0.4) is 0 Å². The van der Waals surface area contributed by atoms with Gasteiger partial charge >= 0.3 is 5.69 Å². The highest BCUT2D eigenvalue weighted by atomic mass is 32.1. The monoisotopic (exact) mass is 393 g/mol. The van der Waals surface area contributed by atoms with Crippen LogP contribution in [0.1, 0.15) is 32.1 Å². The standard InChI is InChI=1S/C19H27N3O4S/c1-21-15-8-11-27-16(15)18(24)22(19(21)25)12-13-4-6-14(7-5-13)17(23)20-9-3-10-26-2/h8,11,13-14H,3-7,9-10,12H2,1-2H3,(H,20,23). The fourth-order valence-corrected chi connectivity index (χ4v) is 4.69. The van der Waals surface area contributed by atoms with Crippen molar-refractivity contribution >= 4 is 27.5 Å². The number of aryl methyl sites for hydroxylation is 1. The highest BCUT2D eigenvalue weighted by Crippen LogP contribution is 2.29. The molecule has 1 amide bonds. The van der Waals surface area contributed by atoms with E-state index in [1.165, 1.54) is 15.9 Å². The number of carbonyl (C=O) groups is 1. The molecule has 0 atom stereocenters. The van der Waals surface area contributed by atoms with E-state index in [4.69, 9.17) is 4.74 Å². The maximum absolute atomic E-state index is 12.7. The molecule has 0 unspecified atom stereocenters. The molecule has 1 N–H and O–H groups in total. The smallest absolute Gasteiger partial charge is 0.331 e. The van der Waals surface area contributed by atoms with Crippen molar-refractivity contribution in [2.75, 3.05) is 20.3 Å². The van der Waals surface area contributed by atoms with Gasteiger partial charge in [0.2, 0.25) is 5.91 Å². The van der Waals surface area contributed by atoms with Gasteiger partial charge in [0.15, 0.2) is 0 Å². The normalized spacial score (nSPS) is 20.1. The number of nitrogens with zero attached hydrogens (tertiary/aromatic N) is 2. The zero-order valence-corrected chi connectivity index (χ0v) is 16.7. The summed E-state index contributed by atoms with van der Waals surface area (Å²) in [4.78, 5) is 37.5. The quantitative estimate of drug-likeness (QED) is 0.726. The van der Waals surface area contributed by atoms with E-state index in [1.54, 1.807) is 18.7 Å². The topological polar surface area (TPSA) is 82.3 Å². The van der Waals surface area contributed by atoms with E-state index >= 15 is 0 Å². The molecule has 27 heavy (non-hydrogen) atoms. The van der Waals surface area contributed by atoms with Crippen molar-refractivity contribution in [3.05, 3.63) is 32.3 Å². The van der Waals surface area contributed by atoms with Crippen molar-refractivity contribution in [3.63, 3.8) is 0 Å². The van der Waals surface area contributed by atoms with Crippen molar-refractivity contribution in [1.82, 2.24) is 14.5 Å². The fraction of sp³-hybridized carbons (Fsp3) is 0.632. The molecule has 148 valence electrons. The first-order valence-corrected chi connectivity index (χ1v) is 10.3. The number of hydrogen-bond donors (Lipinski definition) is 1. The summed E-state index contributed by atoms with van der Waals surface area (Å²) in [5.74, 6) is 0.395. The summed E-state index contributed by atoms with van der Waals surface area (Å²) in [6.45, 7) is 1.71. The van der Waals surface area contributed by atoms with Crippen molar-refractivity contribution < 1.29 is 9.53 Å². The molecule has 1 aliphatic rings. The van der Waals surface area contributed by atoms with Gasteiger partial charge in [-0.2, -0.15) is 0 Å². The Kier molecular flexibility index (Phi) is 6.49. The molecule has 2 heterocycles. The summed E-state index contributed by atoms with van der Waals surface area (Å²) in [5.41, 5.74) is 0.241. The molecule has 0 aromatic carbocycles. The highest BCUT2D eigenvalue weighted by molar-refractivity contribution is 7.17. The number of fused-ring (bicyclic) bond motifs is 1. The molecule has 0 bridgehead atoms. The number of thiophene rings is 1. The first-order chi connectivity index (χ1) is 13.0. The van der Waals surface area contributed by atoms with Crippen molar-refractivity contribution in [1.29, 1.82) is 0 Å². The molecule has 2 aromatic heterocycles. The number of rotatable bonds is 7. The van der Waals surface area contributed by atoms with Crippen LogP contribution in [0, 0.1) is 11.8 Å². The summed E-state index contributed by atoms with van der Waals surface area (Å²) in [5, 5.41) is 4.81.